The number of aryl methyl sites for hydroxylation is 1. The minimum absolute atomic E-state index is 0.0152. The number of benzene rings is 1. The summed E-state index contributed by atoms with van der Waals surface area (Å²) < 4.78 is 4.97. The number of nitrogens with zero attached hydrogens (tertiary/aromatic N) is 3. The van der Waals surface area contributed by atoms with Crippen molar-refractivity contribution in [2.24, 2.45) is 5.92 Å². The van der Waals surface area contributed by atoms with E-state index in [9.17, 15) is 4.79 Å². The van der Waals surface area contributed by atoms with Crippen molar-refractivity contribution in [3.63, 3.8) is 0 Å². The van der Waals surface area contributed by atoms with E-state index < -0.39 is 0 Å². The molecule has 1 aromatic carbocycles. The predicted molar refractivity (Wildman–Crippen MR) is 73.8 cm³/mol. The van der Waals surface area contributed by atoms with Crippen LogP contribution in [0.15, 0.2) is 28.8 Å². The van der Waals surface area contributed by atoms with Crippen LogP contribution >= 0.6 is 0 Å². The molecular formula is C15H13N3O2. The van der Waals surface area contributed by atoms with Crippen LogP contribution < -0.4 is 4.90 Å². The Bertz CT molecular complexity index is 699. The molecule has 1 fully saturated rings. The molecule has 0 N–H and O–H groups in total. The summed E-state index contributed by atoms with van der Waals surface area (Å²) in [5.41, 5.74) is 1.63. The Labute approximate surface area is 116 Å². The molecule has 0 radical (unpaired) electrons. The Morgan fingerprint density at radius 1 is 1.50 bits per heavy atom. The van der Waals surface area contributed by atoms with Gasteiger partial charge >= 0.3 is 0 Å². The maximum absolute atomic E-state index is 12.0. The lowest BCUT2D eigenvalue weighted by Gasteiger charge is -2.16. The number of amides is 1. The minimum atomic E-state index is -0.0152. The van der Waals surface area contributed by atoms with Crippen molar-refractivity contribution in [1.29, 1.82) is 0 Å². The molecule has 0 bridgehead atoms. The molecule has 20 heavy (non-hydrogen) atoms. The fraction of sp³-hybridized carbons (Fsp3) is 0.267. The van der Waals surface area contributed by atoms with Crippen molar-refractivity contribution >= 4 is 11.6 Å². The van der Waals surface area contributed by atoms with Gasteiger partial charge in [-0.2, -0.15) is 4.98 Å². The minimum Gasteiger partial charge on any atom is -0.339 e. The normalized spacial score (nSPS) is 18.3. The lowest BCUT2D eigenvalue weighted by molar-refractivity contribution is -0.117. The Hall–Kier alpha value is -2.61. The summed E-state index contributed by atoms with van der Waals surface area (Å²) in [7, 11) is 0. The van der Waals surface area contributed by atoms with E-state index in [-0.39, 0.29) is 11.8 Å². The van der Waals surface area contributed by atoms with Gasteiger partial charge in [-0.15, -0.1) is 12.3 Å². The van der Waals surface area contributed by atoms with E-state index in [1.54, 1.807) is 11.8 Å². The summed E-state index contributed by atoms with van der Waals surface area (Å²) in [5, 5.41) is 3.88. The average molecular weight is 267 g/mol. The molecule has 1 aliphatic rings. The molecule has 0 spiro atoms. The van der Waals surface area contributed by atoms with Crippen molar-refractivity contribution < 1.29 is 9.32 Å². The first-order chi connectivity index (χ1) is 9.67. The number of terminal acetylenes is 1. The molecule has 2 aromatic rings. The molecule has 1 amide bonds. The number of rotatable bonds is 2. The molecule has 0 aliphatic carbocycles. The van der Waals surface area contributed by atoms with Gasteiger partial charge in [0.05, 0.1) is 0 Å². The van der Waals surface area contributed by atoms with E-state index >= 15 is 0 Å². The molecular weight excluding hydrogens is 254 g/mol. The number of carbonyl (C=O) groups is 1. The Balaban J connectivity index is 1.92. The Kier molecular flexibility index (Phi) is 2.99. The topological polar surface area (TPSA) is 59.2 Å². The van der Waals surface area contributed by atoms with Crippen LogP contribution in [0.3, 0.4) is 0 Å². The highest BCUT2D eigenvalue weighted by atomic mass is 16.5. The van der Waals surface area contributed by atoms with Gasteiger partial charge in [0.2, 0.25) is 17.6 Å². The lowest BCUT2D eigenvalue weighted by Crippen LogP contribution is -2.24. The zero-order chi connectivity index (χ0) is 14.1. The molecule has 1 atom stereocenters. The number of hydrogen-bond donors (Lipinski definition) is 0. The van der Waals surface area contributed by atoms with Gasteiger partial charge in [0.1, 0.15) is 0 Å². The van der Waals surface area contributed by atoms with Gasteiger partial charge in [-0.3, -0.25) is 4.79 Å². The Morgan fingerprint density at radius 3 is 3.00 bits per heavy atom. The van der Waals surface area contributed by atoms with Gasteiger partial charge < -0.3 is 9.42 Å². The van der Waals surface area contributed by atoms with Gasteiger partial charge in [-0.25, -0.2) is 0 Å². The maximum Gasteiger partial charge on any atom is 0.228 e. The van der Waals surface area contributed by atoms with Crippen LogP contribution in [0.2, 0.25) is 0 Å². The monoisotopic (exact) mass is 267 g/mol. The maximum atomic E-state index is 12.0. The molecule has 5 nitrogen and oxygen atoms in total. The van der Waals surface area contributed by atoms with Crippen LogP contribution in [0, 0.1) is 25.2 Å². The number of hydrogen-bond acceptors (Lipinski definition) is 4. The van der Waals surface area contributed by atoms with Crippen molar-refractivity contribution in [2.75, 3.05) is 11.4 Å². The molecule has 5 heteroatoms. The van der Waals surface area contributed by atoms with Gasteiger partial charge in [-0.05, 0) is 12.1 Å². The summed E-state index contributed by atoms with van der Waals surface area (Å²) in [6.45, 7) is 2.30. The molecule has 1 unspecified atom stereocenters. The van der Waals surface area contributed by atoms with Crippen LogP contribution in [0.5, 0.6) is 0 Å². The van der Waals surface area contributed by atoms with Gasteiger partial charge in [0, 0.05) is 37.1 Å². The average Bonchev–Trinajstić information content (AvgIpc) is 3.05. The van der Waals surface area contributed by atoms with Crippen LogP contribution in [0.4, 0.5) is 5.69 Å². The molecule has 0 saturated carbocycles. The molecule has 3 rings (SSSR count). The van der Waals surface area contributed by atoms with Gasteiger partial charge in [0.25, 0.3) is 0 Å². The number of carbonyl (C=O) groups excluding carboxylic acids is 1. The fourth-order valence-electron chi connectivity index (χ4n) is 2.30. The zero-order valence-electron chi connectivity index (χ0n) is 11.0. The highest BCUT2D eigenvalue weighted by Gasteiger charge is 2.29. The molecule has 2 heterocycles. The SMILES string of the molecule is C#CC1CC(=O)N(c2cccc(-c3noc(C)n3)c2)C1. The van der Waals surface area contributed by atoms with Crippen LogP contribution in [-0.2, 0) is 4.79 Å². The van der Waals surface area contributed by atoms with E-state index in [4.69, 9.17) is 10.9 Å². The summed E-state index contributed by atoms with van der Waals surface area (Å²) in [4.78, 5) is 17.9. The predicted octanol–water partition coefficient (Wildman–Crippen LogP) is 2.03. The van der Waals surface area contributed by atoms with E-state index in [0.29, 0.717) is 24.7 Å². The van der Waals surface area contributed by atoms with Crippen molar-refractivity contribution in [3.8, 4) is 23.7 Å². The summed E-state index contributed by atoms with van der Waals surface area (Å²) in [6, 6.07) is 7.51. The van der Waals surface area contributed by atoms with E-state index in [0.717, 1.165) is 11.3 Å². The quantitative estimate of drug-likeness (QED) is 0.781. The molecule has 100 valence electrons. The van der Waals surface area contributed by atoms with Gasteiger partial charge in [-0.1, -0.05) is 17.3 Å². The van der Waals surface area contributed by atoms with Crippen LogP contribution in [-0.4, -0.2) is 22.6 Å². The third-order valence-electron chi connectivity index (χ3n) is 3.30. The lowest BCUT2D eigenvalue weighted by atomic mass is 10.1. The first-order valence-electron chi connectivity index (χ1n) is 6.34. The standard InChI is InChI=1S/C15H13N3O2/c1-3-11-7-14(19)18(9-11)13-6-4-5-12(8-13)15-16-10(2)20-17-15/h1,4-6,8,11H,7,9H2,2H3. The van der Waals surface area contributed by atoms with Crippen molar-refractivity contribution in [2.45, 2.75) is 13.3 Å². The fourth-order valence-corrected chi connectivity index (χ4v) is 2.30. The molecule has 1 aromatic heterocycles. The largest absolute Gasteiger partial charge is 0.339 e. The third kappa shape index (κ3) is 2.16. The highest BCUT2D eigenvalue weighted by Crippen LogP contribution is 2.28. The molecule has 1 saturated heterocycles. The van der Waals surface area contributed by atoms with E-state index in [1.807, 2.05) is 24.3 Å². The van der Waals surface area contributed by atoms with E-state index in [2.05, 4.69) is 16.1 Å². The first-order valence-corrected chi connectivity index (χ1v) is 6.34. The third-order valence-corrected chi connectivity index (χ3v) is 3.30. The Morgan fingerprint density at radius 2 is 2.35 bits per heavy atom. The van der Waals surface area contributed by atoms with Crippen molar-refractivity contribution in [3.05, 3.63) is 30.2 Å². The van der Waals surface area contributed by atoms with Crippen LogP contribution in [0.25, 0.3) is 11.4 Å². The summed E-state index contributed by atoms with van der Waals surface area (Å²) >= 11 is 0. The second kappa shape index (κ2) is 4.82. The van der Waals surface area contributed by atoms with Crippen molar-refractivity contribution in [1.82, 2.24) is 10.1 Å². The number of aromatic nitrogens is 2. The molecule has 1 aliphatic heterocycles. The first kappa shape index (κ1) is 12.4. The highest BCUT2D eigenvalue weighted by molar-refractivity contribution is 5.96. The zero-order valence-corrected chi connectivity index (χ0v) is 11.0. The second-order valence-electron chi connectivity index (χ2n) is 4.76. The summed E-state index contributed by atoms with van der Waals surface area (Å²) in [5.74, 6) is 3.70. The summed E-state index contributed by atoms with van der Waals surface area (Å²) in [6.07, 6.45) is 5.80. The van der Waals surface area contributed by atoms with Crippen LogP contribution in [0.1, 0.15) is 12.3 Å². The second-order valence-corrected chi connectivity index (χ2v) is 4.76. The van der Waals surface area contributed by atoms with Gasteiger partial charge in [0.15, 0.2) is 0 Å². The smallest absolute Gasteiger partial charge is 0.228 e. The van der Waals surface area contributed by atoms with E-state index in [1.165, 1.54) is 0 Å². The number of anilines is 1.